The van der Waals surface area contributed by atoms with Crippen molar-refractivity contribution in [2.45, 2.75) is 44.6 Å². The molecule has 1 aliphatic carbocycles. The number of amides is 2. The minimum absolute atomic E-state index is 0.00850. The highest BCUT2D eigenvalue weighted by molar-refractivity contribution is 5.98. The number of rotatable bonds is 6. The van der Waals surface area contributed by atoms with E-state index in [-0.39, 0.29) is 12.8 Å². The Labute approximate surface area is 128 Å². The Morgan fingerprint density at radius 3 is 2.64 bits per heavy atom. The lowest BCUT2D eigenvalue weighted by molar-refractivity contribution is -0.139. The summed E-state index contributed by atoms with van der Waals surface area (Å²) >= 11 is 0. The molecule has 6 heteroatoms. The van der Waals surface area contributed by atoms with Crippen molar-refractivity contribution in [3.63, 3.8) is 0 Å². The van der Waals surface area contributed by atoms with Crippen molar-refractivity contribution in [2.75, 3.05) is 0 Å². The quantitative estimate of drug-likeness (QED) is 0.728. The van der Waals surface area contributed by atoms with Crippen LogP contribution in [-0.2, 0) is 22.4 Å². The third-order valence-corrected chi connectivity index (χ3v) is 3.92. The number of carbonyl (C=O) groups excluding carboxylic acids is 2. The zero-order valence-corrected chi connectivity index (χ0v) is 12.3. The van der Waals surface area contributed by atoms with Crippen LogP contribution in [0.15, 0.2) is 18.2 Å². The predicted octanol–water partition coefficient (Wildman–Crippen LogP) is 1.01. The number of benzene rings is 1. The zero-order chi connectivity index (χ0) is 16.1. The maximum Gasteiger partial charge on any atom is 0.326 e. The van der Waals surface area contributed by atoms with E-state index in [2.05, 4.69) is 5.32 Å². The number of nitrogens with two attached hydrogens (primary N) is 1. The van der Waals surface area contributed by atoms with E-state index >= 15 is 0 Å². The van der Waals surface area contributed by atoms with Gasteiger partial charge in [-0.3, -0.25) is 9.59 Å². The van der Waals surface area contributed by atoms with Crippen molar-refractivity contribution in [3.8, 4) is 0 Å². The van der Waals surface area contributed by atoms with Crippen molar-refractivity contribution in [3.05, 3.63) is 34.9 Å². The third-order valence-electron chi connectivity index (χ3n) is 3.92. The van der Waals surface area contributed by atoms with Crippen LogP contribution >= 0.6 is 0 Å². The molecule has 6 nitrogen and oxygen atoms in total. The van der Waals surface area contributed by atoms with Crippen molar-refractivity contribution >= 4 is 17.8 Å². The van der Waals surface area contributed by atoms with E-state index in [1.165, 1.54) is 0 Å². The molecular weight excluding hydrogens is 284 g/mol. The summed E-state index contributed by atoms with van der Waals surface area (Å²) in [4.78, 5) is 34.4. The molecule has 0 heterocycles. The average Bonchev–Trinajstić information content (AvgIpc) is 2.50. The van der Waals surface area contributed by atoms with Crippen molar-refractivity contribution in [1.29, 1.82) is 0 Å². The first-order valence-corrected chi connectivity index (χ1v) is 7.41. The maximum absolute atomic E-state index is 12.4. The molecule has 0 radical (unpaired) electrons. The van der Waals surface area contributed by atoms with Gasteiger partial charge >= 0.3 is 5.97 Å². The lowest BCUT2D eigenvalue weighted by Crippen LogP contribution is -2.41. The molecular formula is C16H20N2O4. The third kappa shape index (κ3) is 3.84. The lowest BCUT2D eigenvalue weighted by atomic mass is 9.88. The topological polar surface area (TPSA) is 109 Å². The van der Waals surface area contributed by atoms with Crippen LogP contribution in [-0.4, -0.2) is 28.9 Å². The summed E-state index contributed by atoms with van der Waals surface area (Å²) in [7, 11) is 0. The number of carboxylic acid groups (broad SMARTS) is 1. The number of primary amides is 1. The van der Waals surface area contributed by atoms with Gasteiger partial charge in [-0.15, -0.1) is 0 Å². The largest absolute Gasteiger partial charge is 0.480 e. The van der Waals surface area contributed by atoms with Gasteiger partial charge in [-0.1, -0.05) is 12.1 Å². The number of nitrogens with one attached hydrogen (secondary N) is 1. The molecule has 1 atom stereocenters. The molecule has 0 saturated carbocycles. The Morgan fingerprint density at radius 1 is 1.23 bits per heavy atom. The number of hydrogen-bond acceptors (Lipinski definition) is 3. The molecule has 0 aliphatic heterocycles. The summed E-state index contributed by atoms with van der Waals surface area (Å²) in [6.07, 6.45) is 3.82. The first-order chi connectivity index (χ1) is 10.5. The van der Waals surface area contributed by atoms with Crippen LogP contribution in [0.3, 0.4) is 0 Å². The average molecular weight is 304 g/mol. The number of carboxylic acids is 1. The van der Waals surface area contributed by atoms with Crippen LogP contribution in [0.5, 0.6) is 0 Å². The fourth-order valence-electron chi connectivity index (χ4n) is 2.77. The molecule has 1 aromatic carbocycles. The number of fused-ring (bicyclic) bond motifs is 1. The van der Waals surface area contributed by atoms with Crippen LogP contribution in [0.4, 0.5) is 0 Å². The van der Waals surface area contributed by atoms with Gasteiger partial charge in [0.25, 0.3) is 5.91 Å². The zero-order valence-electron chi connectivity index (χ0n) is 12.3. The van der Waals surface area contributed by atoms with Crippen molar-refractivity contribution in [2.24, 2.45) is 5.73 Å². The summed E-state index contributed by atoms with van der Waals surface area (Å²) in [5, 5.41) is 11.6. The molecule has 0 saturated heterocycles. The molecule has 0 spiro atoms. The van der Waals surface area contributed by atoms with Gasteiger partial charge in [0.2, 0.25) is 5.91 Å². The monoisotopic (exact) mass is 304 g/mol. The maximum atomic E-state index is 12.4. The van der Waals surface area contributed by atoms with E-state index in [1.54, 1.807) is 6.07 Å². The second kappa shape index (κ2) is 7.06. The highest BCUT2D eigenvalue weighted by atomic mass is 16.4. The standard InChI is InChI=1S/C16H20N2O4/c17-14(19)9-8-13(16(21)22)18-15(20)12-7-3-5-10-4-1-2-6-11(10)12/h3,5,7,13H,1-2,4,6,8-9H2,(H2,17,19)(H,18,20)(H,21,22)/t13-/m0/s1. The van der Waals surface area contributed by atoms with Crippen molar-refractivity contribution in [1.82, 2.24) is 5.32 Å². The molecule has 1 aliphatic rings. The highest BCUT2D eigenvalue weighted by Crippen LogP contribution is 2.24. The molecule has 118 valence electrons. The molecule has 2 amide bonds. The molecule has 1 aromatic rings. The van der Waals surface area contributed by atoms with Gasteiger partial charge in [0, 0.05) is 12.0 Å². The Kier molecular flexibility index (Phi) is 5.14. The van der Waals surface area contributed by atoms with Gasteiger partial charge in [0.15, 0.2) is 0 Å². The summed E-state index contributed by atoms with van der Waals surface area (Å²) in [5.74, 6) is -2.16. The summed E-state index contributed by atoms with van der Waals surface area (Å²) < 4.78 is 0. The Morgan fingerprint density at radius 2 is 1.95 bits per heavy atom. The van der Waals surface area contributed by atoms with Crippen LogP contribution in [0, 0.1) is 0 Å². The first-order valence-electron chi connectivity index (χ1n) is 7.41. The summed E-state index contributed by atoms with van der Waals surface area (Å²) in [5.41, 5.74) is 7.72. The van der Waals surface area contributed by atoms with Gasteiger partial charge in [-0.05, 0) is 49.3 Å². The molecule has 2 rings (SSSR count). The number of aliphatic carboxylic acids is 1. The second-order valence-electron chi connectivity index (χ2n) is 5.52. The highest BCUT2D eigenvalue weighted by Gasteiger charge is 2.23. The molecule has 4 N–H and O–H groups in total. The van der Waals surface area contributed by atoms with Crippen LogP contribution in [0.25, 0.3) is 0 Å². The van der Waals surface area contributed by atoms with E-state index in [1.807, 2.05) is 12.1 Å². The Hall–Kier alpha value is -2.37. The summed E-state index contributed by atoms with van der Waals surface area (Å²) in [6.45, 7) is 0. The molecule has 0 fully saturated rings. The second-order valence-corrected chi connectivity index (χ2v) is 5.52. The fraction of sp³-hybridized carbons (Fsp3) is 0.438. The van der Waals surface area contributed by atoms with Gasteiger partial charge in [0.1, 0.15) is 6.04 Å². The Balaban J connectivity index is 2.13. The number of carbonyl (C=O) groups is 3. The van der Waals surface area contributed by atoms with E-state index in [4.69, 9.17) is 10.8 Å². The van der Waals surface area contributed by atoms with E-state index in [0.29, 0.717) is 5.56 Å². The molecule has 0 bridgehead atoms. The van der Waals surface area contributed by atoms with E-state index < -0.39 is 23.8 Å². The minimum atomic E-state index is -1.17. The number of aryl methyl sites for hydroxylation is 1. The molecule has 0 unspecified atom stereocenters. The number of hydrogen-bond donors (Lipinski definition) is 3. The SMILES string of the molecule is NC(=O)CC[C@H](NC(=O)c1cccc2c1CCCC2)C(=O)O. The van der Waals surface area contributed by atoms with Gasteiger partial charge < -0.3 is 16.2 Å². The van der Waals surface area contributed by atoms with Gasteiger partial charge in [-0.25, -0.2) is 4.79 Å². The molecule has 0 aromatic heterocycles. The smallest absolute Gasteiger partial charge is 0.326 e. The lowest BCUT2D eigenvalue weighted by Gasteiger charge is -2.20. The first kappa shape index (κ1) is 16.0. The van der Waals surface area contributed by atoms with Crippen LogP contribution in [0.1, 0.15) is 47.2 Å². The minimum Gasteiger partial charge on any atom is -0.480 e. The van der Waals surface area contributed by atoms with E-state index in [9.17, 15) is 14.4 Å². The molecule has 22 heavy (non-hydrogen) atoms. The summed E-state index contributed by atoms with van der Waals surface area (Å²) in [6, 6.07) is 4.43. The van der Waals surface area contributed by atoms with Crippen LogP contribution < -0.4 is 11.1 Å². The Bertz CT molecular complexity index is 598. The fourth-order valence-corrected chi connectivity index (χ4v) is 2.77. The predicted molar refractivity (Wildman–Crippen MR) is 80.4 cm³/mol. The van der Waals surface area contributed by atoms with Gasteiger partial charge in [-0.2, -0.15) is 0 Å². The van der Waals surface area contributed by atoms with Crippen LogP contribution in [0.2, 0.25) is 0 Å². The van der Waals surface area contributed by atoms with Crippen molar-refractivity contribution < 1.29 is 19.5 Å². The van der Waals surface area contributed by atoms with E-state index in [0.717, 1.165) is 36.8 Å². The van der Waals surface area contributed by atoms with Gasteiger partial charge in [0.05, 0.1) is 0 Å². The normalized spacial score (nSPS) is 14.7.